The van der Waals surface area contributed by atoms with Gasteiger partial charge in [0.25, 0.3) is 5.91 Å². The zero-order valence-electron chi connectivity index (χ0n) is 15.4. The average molecular weight is 364 g/mol. The van der Waals surface area contributed by atoms with E-state index in [1.807, 2.05) is 54.3 Å². The molecular weight excluding hydrogens is 340 g/mol. The van der Waals surface area contributed by atoms with E-state index in [0.29, 0.717) is 25.1 Å². The Labute approximate surface area is 158 Å². The molecule has 0 atom stereocenters. The van der Waals surface area contributed by atoms with Crippen molar-refractivity contribution in [2.75, 3.05) is 5.73 Å². The number of anilines is 1. The molecule has 1 heterocycles. The summed E-state index contributed by atoms with van der Waals surface area (Å²) < 4.78 is 0. The maximum Gasteiger partial charge on any atom is 0.309 e. The van der Waals surface area contributed by atoms with Gasteiger partial charge < -0.3 is 15.7 Å². The predicted molar refractivity (Wildman–Crippen MR) is 104 cm³/mol. The van der Waals surface area contributed by atoms with Crippen molar-refractivity contribution < 1.29 is 14.7 Å². The summed E-state index contributed by atoms with van der Waals surface area (Å²) in [6, 6.07) is 13.8. The second-order valence-electron chi connectivity index (χ2n) is 8.02. The maximum absolute atomic E-state index is 13.0. The van der Waals surface area contributed by atoms with Crippen molar-refractivity contribution in [2.45, 2.75) is 45.2 Å². The SMILES string of the molecule is CC1(C(=O)O)CCC(N2Cc3ccc(-c4ccc(N)cc4)cc3C2=O)CC1. The van der Waals surface area contributed by atoms with Gasteiger partial charge in [-0.2, -0.15) is 0 Å². The normalized spacial score (nSPS) is 24.7. The topological polar surface area (TPSA) is 83.6 Å². The van der Waals surface area contributed by atoms with Crippen LogP contribution in [0.4, 0.5) is 5.69 Å². The summed E-state index contributed by atoms with van der Waals surface area (Å²) in [5.41, 5.74) is 9.66. The number of nitrogens with zero attached hydrogens (tertiary/aromatic N) is 1. The largest absolute Gasteiger partial charge is 0.481 e. The summed E-state index contributed by atoms with van der Waals surface area (Å²) in [6.07, 6.45) is 2.72. The Hall–Kier alpha value is -2.82. The van der Waals surface area contributed by atoms with Crippen molar-refractivity contribution in [3.05, 3.63) is 53.6 Å². The molecule has 1 fully saturated rings. The molecular formula is C22H24N2O3. The van der Waals surface area contributed by atoms with E-state index in [1.54, 1.807) is 0 Å². The second kappa shape index (κ2) is 6.41. The molecule has 3 N–H and O–H groups in total. The highest BCUT2D eigenvalue weighted by molar-refractivity contribution is 5.99. The smallest absolute Gasteiger partial charge is 0.309 e. The van der Waals surface area contributed by atoms with Gasteiger partial charge in [0.15, 0.2) is 0 Å². The third-order valence-electron chi connectivity index (χ3n) is 6.20. The van der Waals surface area contributed by atoms with Gasteiger partial charge in [-0.1, -0.05) is 24.3 Å². The van der Waals surface area contributed by atoms with Gasteiger partial charge in [-0.05, 0) is 67.5 Å². The Bertz CT molecular complexity index is 896. The number of carbonyl (C=O) groups is 2. The highest BCUT2D eigenvalue weighted by Gasteiger charge is 2.41. The van der Waals surface area contributed by atoms with Gasteiger partial charge in [0.1, 0.15) is 0 Å². The fourth-order valence-electron chi connectivity index (χ4n) is 4.24. The van der Waals surface area contributed by atoms with E-state index < -0.39 is 11.4 Å². The number of benzene rings is 2. The quantitative estimate of drug-likeness (QED) is 0.809. The summed E-state index contributed by atoms with van der Waals surface area (Å²) in [4.78, 5) is 26.4. The molecule has 5 heteroatoms. The maximum atomic E-state index is 13.0. The van der Waals surface area contributed by atoms with Crippen LogP contribution in [-0.4, -0.2) is 27.9 Å². The predicted octanol–water partition coefficient (Wildman–Crippen LogP) is 3.93. The van der Waals surface area contributed by atoms with E-state index in [0.717, 1.165) is 35.1 Å². The van der Waals surface area contributed by atoms with E-state index in [-0.39, 0.29) is 11.9 Å². The van der Waals surface area contributed by atoms with Gasteiger partial charge in [-0.25, -0.2) is 0 Å². The number of aliphatic carboxylic acids is 1. The number of hydrogen-bond donors (Lipinski definition) is 2. The zero-order valence-corrected chi connectivity index (χ0v) is 15.4. The molecule has 0 saturated heterocycles. The van der Waals surface area contributed by atoms with E-state index in [1.165, 1.54) is 0 Å². The lowest BCUT2D eigenvalue weighted by Crippen LogP contribution is -2.42. The molecule has 0 aromatic heterocycles. The minimum absolute atomic E-state index is 0.0613. The molecule has 0 spiro atoms. The van der Waals surface area contributed by atoms with E-state index in [4.69, 9.17) is 5.73 Å². The average Bonchev–Trinajstić information content (AvgIpc) is 2.99. The molecule has 1 aliphatic carbocycles. The number of carboxylic acids is 1. The summed E-state index contributed by atoms with van der Waals surface area (Å²) in [5, 5.41) is 9.41. The second-order valence-corrected chi connectivity index (χ2v) is 8.02. The van der Waals surface area contributed by atoms with E-state index >= 15 is 0 Å². The molecule has 140 valence electrons. The van der Waals surface area contributed by atoms with Gasteiger partial charge in [0.2, 0.25) is 0 Å². The zero-order chi connectivity index (χ0) is 19.2. The Morgan fingerprint density at radius 2 is 1.74 bits per heavy atom. The summed E-state index contributed by atoms with van der Waals surface area (Å²) in [5.74, 6) is -0.670. The van der Waals surface area contributed by atoms with Crippen molar-refractivity contribution in [2.24, 2.45) is 5.41 Å². The van der Waals surface area contributed by atoms with Crippen molar-refractivity contribution in [3.63, 3.8) is 0 Å². The van der Waals surface area contributed by atoms with Crippen LogP contribution in [0.3, 0.4) is 0 Å². The highest BCUT2D eigenvalue weighted by atomic mass is 16.4. The highest BCUT2D eigenvalue weighted by Crippen LogP contribution is 2.40. The first-order valence-electron chi connectivity index (χ1n) is 9.41. The van der Waals surface area contributed by atoms with Crippen LogP contribution in [0.25, 0.3) is 11.1 Å². The molecule has 27 heavy (non-hydrogen) atoms. The van der Waals surface area contributed by atoms with Gasteiger partial charge in [0.05, 0.1) is 5.41 Å². The first-order chi connectivity index (χ1) is 12.9. The van der Waals surface area contributed by atoms with Gasteiger partial charge in [0, 0.05) is 23.8 Å². The fourth-order valence-corrected chi connectivity index (χ4v) is 4.24. The molecule has 2 aromatic rings. The van der Waals surface area contributed by atoms with E-state index in [9.17, 15) is 14.7 Å². The lowest BCUT2D eigenvalue weighted by molar-refractivity contribution is -0.150. The number of nitrogen functional groups attached to an aromatic ring is 1. The number of nitrogens with two attached hydrogens (primary N) is 1. The van der Waals surface area contributed by atoms with Gasteiger partial charge in [-0.15, -0.1) is 0 Å². The lowest BCUT2D eigenvalue weighted by atomic mass is 9.73. The number of rotatable bonds is 3. The lowest BCUT2D eigenvalue weighted by Gasteiger charge is -2.38. The minimum Gasteiger partial charge on any atom is -0.481 e. The van der Waals surface area contributed by atoms with Crippen LogP contribution in [0.2, 0.25) is 0 Å². The molecule has 1 amide bonds. The van der Waals surface area contributed by atoms with Crippen LogP contribution in [0.1, 0.15) is 48.5 Å². The molecule has 2 aliphatic rings. The molecule has 0 unspecified atom stereocenters. The van der Waals surface area contributed by atoms with Gasteiger partial charge >= 0.3 is 5.97 Å². The third-order valence-corrected chi connectivity index (χ3v) is 6.20. The third kappa shape index (κ3) is 3.07. The number of fused-ring (bicyclic) bond motifs is 1. The number of amides is 1. The molecule has 0 bridgehead atoms. The van der Waals surface area contributed by atoms with Crippen LogP contribution >= 0.6 is 0 Å². The molecule has 5 nitrogen and oxygen atoms in total. The van der Waals surface area contributed by atoms with Crippen molar-refractivity contribution >= 4 is 17.6 Å². The molecule has 2 aromatic carbocycles. The summed E-state index contributed by atoms with van der Waals surface area (Å²) in [7, 11) is 0. The van der Waals surface area contributed by atoms with E-state index in [2.05, 4.69) is 0 Å². The summed E-state index contributed by atoms with van der Waals surface area (Å²) in [6.45, 7) is 2.43. The Morgan fingerprint density at radius 1 is 1.11 bits per heavy atom. The van der Waals surface area contributed by atoms with Crippen LogP contribution in [-0.2, 0) is 11.3 Å². The first kappa shape index (κ1) is 17.6. The Balaban J connectivity index is 1.53. The monoisotopic (exact) mass is 364 g/mol. The standard InChI is InChI=1S/C22H24N2O3/c1-22(21(26)27)10-8-18(9-11-22)24-13-16-3-2-15(12-19(16)20(24)25)14-4-6-17(23)7-5-14/h2-7,12,18H,8-11,13,23H2,1H3,(H,26,27). The fraction of sp³-hybridized carbons (Fsp3) is 0.364. The summed E-state index contributed by atoms with van der Waals surface area (Å²) >= 11 is 0. The Kier molecular flexibility index (Phi) is 4.17. The van der Waals surface area contributed by atoms with Crippen LogP contribution in [0.15, 0.2) is 42.5 Å². The van der Waals surface area contributed by atoms with Gasteiger partial charge in [-0.3, -0.25) is 9.59 Å². The van der Waals surface area contributed by atoms with Crippen LogP contribution in [0, 0.1) is 5.41 Å². The van der Waals surface area contributed by atoms with Crippen LogP contribution < -0.4 is 5.73 Å². The molecule has 1 saturated carbocycles. The first-order valence-corrected chi connectivity index (χ1v) is 9.41. The number of carbonyl (C=O) groups excluding carboxylic acids is 1. The Morgan fingerprint density at radius 3 is 2.37 bits per heavy atom. The number of hydrogen-bond acceptors (Lipinski definition) is 3. The minimum atomic E-state index is -0.731. The van der Waals surface area contributed by atoms with Crippen molar-refractivity contribution in [1.29, 1.82) is 0 Å². The number of carboxylic acid groups (broad SMARTS) is 1. The molecule has 4 rings (SSSR count). The van der Waals surface area contributed by atoms with Crippen molar-refractivity contribution in [1.82, 2.24) is 4.90 Å². The van der Waals surface area contributed by atoms with Crippen LogP contribution in [0.5, 0.6) is 0 Å². The molecule has 1 aliphatic heterocycles. The molecule has 0 radical (unpaired) electrons. The van der Waals surface area contributed by atoms with Crippen molar-refractivity contribution in [3.8, 4) is 11.1 Å².